The van der Waals surface area contributed by atoms with E-state index < -0.39 is 11.0 Å². The zero-order valence-electron chi connectivity index (χ0n) is 15.3. The maximum Gasteiger partial charge on any atom is 0.339 e. The van der Waals surface area contributed by atoms with E-state index in [1.54, 1.807) is 44.2 Å². The van der Waals surface area contributed by atoms with Crippen molar-refractivity contribution in [3.8, 4) is 11.3 Å². The Balaban J connectivity index is 1.67. The Morgan fingerprint density at radius 2 is 1.86 bits per heavy atom. The van der Waals surface area contributed by atoms with Crippen LogP contribution in [0, 0.1) is 24.0 Å². The zero-order chi connectivity index (χ0) is 20.1. The molecule has 2 N–H and O–H groups in total. The standard InChI is InChI=1S/C20H18N4O4/c1-13-11-18(24(26)27)14(2)10-17(13)19-9-8-16(28-19)12-21-23-20(25)22-15-6-4-3-5-7-15/h3-12H,1-2H3,(H2,22,23,25). The molecule has 8 heteroatoms. The van der Waals surface area contributed by atoms with E-state index in [9.17, 15) is 14.9 Å². The molecule has 142 valence electrons. The highest BCUT2D eigenvalue weighted by Gasteiger charge is 2.16. The molecule has 0 atom stereocenters. The van der Waals surface area contributed by atoms with Crippen LogP contribution in [0.25, 0.3) is 11.3 Å². The lowest BCUT2D eigenvalue weighted by Crippen LogP contribution is -2.24. The number of hydrazone groups is 1. The first kappa shape index (κ1) is 18.8. The van der Waals surface area contributed by atoms with Gasteiger partial charge in [-0.3, -0.25) is 10.1 Å². The predicted molar refractivity (Wildman–Crippen MR) is 106 cm³/mol. The molecule has 0 fully saturated rings. The van der Waals surface area contributed by atoms with Gasteiger partial charge in [-0.1, -0.05) is 18.2 Å². The van der Waals surface area contributed by atoms with Crippen LogP contribution in [0.5, 0.6) is 0 Å². The molecule has 0 radical (unpaired) electrons. The Morgan fingerprint density at radius 3 is 2.57 bits per heavy atom. The molecule has 0 spiro atoms. The van der Waals surface area contributed by atoms with Gasteiger partial charge < -0.3 is 9.73 Å². The third-order valence-corrected chi connectivity index (χ3v) is 4.02. The molecular formula is C20H18N4O4. The van der Waals surface area contributed by atoms with Crippen molar-refractivity contribution in [1.29, 1.82) is 0 Å². The minimum atomic E-state index is -0.476. The van der Waals surface area contributed by atoms with Gasteiger partial charge in [-0.05, 0) is 49.7 Å². The van der Waals surface area contributed by atoms with Crippen molar-refractivity contribution in [1.82, 2.24) is 5.43 Å². The number of hydrogen-bond donors (Lipinski definition) is 2. The van der Waals surface area contributed by atoms with Gasteiger partial charge in [0, 0.05) is 22.9 Å². The number of nitro groups is 1. The lowest BCUT2D eigenvalue weighted by atomic mass is 10.0. The second kappa shape index (κ2) is 8.17. The number of nitrogens with one attached hydrogen (secondary N) is 2. The van der Waals surface area contributed by atoms with Crippen LogP contribution in [0.2, 0.25) is 0 Å². The van der Waals surface area contributed by atoms with Gasteiger partial charge in [0.1, 0.15) is 11.5 Å². The molecule has 0 saturated carbocycles. The molecule has 0 aliphatic heterocycles. The van der Waals surface area contributed by atoms with E-state index in [0.29, 0.717) is 22.8 Å². The number of urea groups is 1. The Labute approximate surface area is 161 Å². The first-order chi connectivity index (χ1) is 13.4. The SMILES string of the molecule is Cc1cc([N+](=O)[O-])c(C)cc1-c1ccc(C=NNC(=O)Nc2ccccc2)o1. The first-order valence-corrected chi connectivity index (χ1v) is 8.45. The third kappa shape index (κ3) is 4.42. The molecule has 0 bridgehead atoms. The summed E-state index contributed by atoms with van der Waals surface area (Å²) in [6.45, 7) is 3.47. The third-order valence-electron chi connectivity index (χ3n) is 4.02. The fourth-order valence-electron chi connectivity index (χ4n) is 2.67. The summed E-state index contributed by atoms with van der Waals surface area (Å²) in [6.07, 6.45) is 1.38. The quantitative estimate of drug-likeness (QED) is 0.383. The lowest BCUT2D eigenvalue weighted by molar-refractivity contribution is -0.385. The lowest BCUT2D eigenvalue weighted by Gasteiger charge is -2.05. The summed E-state index contributed by atoms with van der Waals surface area (Å²) < 4.78 is 5.72. The fraction of sp³-hybridized carbons (Fsp3) is 0.100. The molecular weight excluding hydrogens is 360 g/mol. The van der Waals surface area contributed by atoms with Gasteiger partial charge in [0.05, 0.1) is 11.1 Å². The van der Waals surface area contributed by atoms with E-state index in [1.807, 2.05) is 18.2 Å². The highest BCUT2D eigenvalue weighted by molar-refractivity contribution is 5.90. The predicted octanol–water partition coefficient (Wildman–Crippen LogP) is 4.63. The van der Waals surface area contributed by atoms with Crippen molar-refractivity contribution in [2.45, 2.75) is 13.8 Å². The van der Waals surface area contributed by atoms with Crippen LogP contribution in [-0.4, -0.2) is 17.2 Å². The van der Waals surface area contributed by atoms with Crippen molar-refractivity contribution in [2.24, 2.45) is 5.10 Å². The number of nitrogens with zero attached hydrogens (tertiary/aromatic N) is 2. The maximum absolute atomic E-state index is 11.8. The van der Waals surface area contributed by atoms with Crippen LogP contribution in [0.1, 0.15) is 16.9 Å². The average Bonchev–Trinajstić information content (AvgIpc) is 3.12. The van der Waals surface area contributed by atoms with Crippen molar-refractivity contribution in [2.75, 3.05) is 5.32 Å². The molecule has 3 rings (SSSR count). The summed E-state index contributed by atoms with van der Waals surface area (Å²) in [5, 5.41) is 17.5. The van der Waals surface area contributed by atoms with E-state index in [0.717, 1.165) is 11.1 Å². The second-order valence-electron chi connectivity index (χ2n) is 6.10. The number of anilines is 1. The van der Waals surface area contributed by atoms with Crippen molar-refractivity contribution in [3.63, 3.8) is 0 Å². The van der Waals surface area contributed by atoms with Crippen LogP contribution in [0.15, 0.2) is 64.1 Å². The number of furan rings is 1. The van der Waals surface area contributed by atoms with E-state index >= 15 is 0 Å². The van der Waals surface area contributed by atoms with E-state index in [1.165, 1.54) is 12.3 Å². The number of para-hydroxylation sites is 1. The molecule has 3 aromatic rings. The molecule has 0 aliphatic rings. The maximum atomic E-state index is 11.8. The van der Waals surface area contributed by atoms with Crippen molar-refractivity contribution >= 4 is 23.6 Å². The van der Waals surface area contributed by atoms with E-state index in [2.05, 4.69) is 15.8 Å². The fourth-order valence-corrected chi connectivity index (χ4v) is 2.67. The number of hydrogen-bond acceptors (Lipinski definition) is 5. The Hall–Kier alpha value is -3.94. The van der Waals surface area contributed by atoms with Crippen molar-refractivity contribution in [3.05, 3.63) is 81.6 Å². The number of benzene rings is 2. The van der Waals surface area contributed by atoms with Crippen LogP contribution >= 0.6 is 0 Å². The van der Waals surface area contributed by atoms with Gasteiger partial charge >= 0.3 is 6.03 Å². The topological polar surface area (TPSA) is 110 Å². The number of carbonyl (C=O) groups excluding carboxylic acids is 1. The number of carbonyl (C=O) groups is 1. The number of amides is 2. The van der Waals surface area contributed by atoms with E-state index in [-0.39, 0.29) is 5.69 Å². The number of aryl methyl sites for hydroxylation is 2. The molecule has 1 aromatic heterocycles. The zero-order valence-corrected chi connectivity index (χ0v) is 15.3. The monoisotopic (exact) mass is 378 g/mol. The molecule has 8 nitrogen and oxygen atoms in total. The number of rotatable bonds is 5. The van der Waals surface area contributed by atoms with Gasteiger partial charge in [0.15, 0.2) is 0 Å². The largest absolute Gasteiger partial charge is 0.455 e. The highest BCUT2D eigenvalue weighted by Crippen LogP contribution is 2.30. The van der Waals surface area contributed by atoms with Gasteiger partial charge in [0.25, 0.3) is 5.69 Å². The average molecular weight is 378 g/mol. The summed E-state index contributed by atoms with van der Waals surface area (Å²) >= 11 is 0. The molecule has 0 aliphatic carbocycles. The van der Waals surface area contributed by atoms with Gasteiger partial charge in [-0.15, -0.1) is 0 Å². The summed E-state index contributed by atoms with van der Waals surface area (Å²) in [7, 11) is 0. The molecule has 1 heterocycles. The van der Waals surface area contributed by atoms with Gasteiger partial charge in [-0.2, -0.15) is 5.10 Å². The van der Waals surface area contributed by atoms with Gasteiger partial charge in [0.2, 0.25) is 0 Å². The molecule has 2 amide bonds. The smallest absolute Gasteiger partial charge is 0.339 e. The Bertz CT molecular complexity index is 1040. The number of nitro benzene ring substituents is 1. The van der Waals surface area contributed by atoms with Crippen LogP contribution in [-0.2, 0) is 0 Å². The molecule has 28 heavy (non-hydrogen) atoms. The summed E-state index contributed by atoms with van der Waals surface area (Å²) in [4.78, 5) is 22.4. The molecule has 0 saturated heterocycles. The van der Waals surface area contributed by atoms with Crippen LogP contribution in [0.3, 0.4) is 0 Å². The van der Waals surface area contributed by atoms with Crippen molar-refractivity contribution < 1.29 is 14.1 Å². The Kier molecular flexibility index (Phi) is 5.50. The molecule has 2 aromatic carbocycles. The van der Waals surface area contributed by atoms with E-state index in [4.69, 9.17) is 4.42 Å². The highest BCUT2D eigenvalue weighted by atomic mass is 16.6. The van der Waals surface area contributed by atoms with Crippen LogP contribution in [0.4, 0.5) is 16.2 Å². The van der Waals surface area contributed by atoms with Gasteiger partial charge in [-0.25, -0.2) is 10.2 Å². The Morgan fingerprint density at radius 1 is 1.11 bits per heavy atom. The normalized spacial score (nSPS) is 10.8. The summed E-state index contributed by atoms with van der Waals surface area (Å²) in [5.74, 6) is 0.996. The minimum Gasteiger partial charge on any atom is -0.455 e. The first-order valence-electron chi connectivity index (χ1n) is 8.45. The second-order valence-corrected chi connectivity index (χ2v) is 6.10. The minimum absolute atomic E-state index is 0.0724. The summed E-state index contributed by atoms with van der Waals surface area (Å²) in [5.41, 5.74) is 5.12. The summed E-state index contributed by atoms with van der Waals surface area (Å²) in [6, 6.07) is 15.2. The van der Waals surface area contributed by atoms with Crippen LogP contribution < -0.4 is 10.7 Å². The molecule has 0 unspecified atom stereocenters.